The molecule has 5 aromatic rings. The highest BCUT2D eigenvalue weighted by Gasteiger charge is 2.33. The summed E-state index contributed by atoms with van der Waals surface area (Å²) in [6.07, 6.45) is 14.1. The molecular weight excluding hydrogens is 491 g/mol. The van der Waals surface area contributed by atoms with E-state index in [2.05, 4.69) is 56.6 Å². The molecule has 2 aliphatic rings. The van der Waals surface area contributed by atoms with Gasteiger partial charge in [-0.2, -0.15) is 0 Å². The second kappa shape index (κ2) is 9.06. The molecule has 1 aliphatic carbocycles. The van der Waals surface area contributed by atoms with Gasteiger partial charge in [0.15, 0.2) is 11.6 Å². The van der Waals surface area contributed by atoms with E-state index < -0.39 is 5.82 Å². The predicted molar refractivity (Wildman–Crippen MR) is 151 cm³/mol. The fourth-order valence-corrected chi connectivity index (χ4v) is 5.44. The Kier molecular flexibility index (Phi) is 5.48. The van der Waals surface area contributed by atoms with Gasteiger partial charge in [-0.05, 0) is 48.2 Å². The molecule has 6 heterocycles. The van der Waals surface area contributed by atoms with Crippen LogP contribution in [-0.4, -0.2) is 49.0 Å². The van der Waals surface area contributed by atoms with Crippen molar-refractivity contribution in [2.24, 2.45) is 5.41 Å². The molecule has 7 rings (SSSR count). The predicted octanol–water partition coefficient (Wildman–Crippen LogP) is 5.52. The normalized spacial score (nSPS) is 18.2. The number of fused-ring (bicyclic) bond motifs is 2. The lowest BCUT2D eigenvalue weighted by atomic mass is 9.80. The molecule has 39 heavy (non-hydrogen) atoms. The summed E-state index contributed by atoms with van der Waals surface area (Å²) in [5.74, 6) is 0.930. The van der Waals surface area contributed by atoms with Crippen molar-refractivity contribution < 1.29 is 4.39 Å². The van der Waals surface area contributed by atoms with Gasteiger partial charge >= 0.3 is 0 Å². The number of anilines is 1. The van der Waals surface area contributed by atoms with Crippen molar-refractivity contribution in [1.29, 1.82) is 0 Å². The van der Waals surface area contributed by atoms with Crippen LogP contribution < -0.4 is 10.6 Å². The molecule has 3 N–H and O–H groups in total. The highest BCUT2D eigenvalue weighted by atomic mass is 19.1. The first-order valence-electron chi connectivity index (χ1n) is 13.1. The molecule has 5 aromatic heterocycles. The van der Waals surface area contributed by atoms with Crippen molar-refractivity contribution >= 4 is 33.3 Å². The standard InChI is InChI=1S/C30H27FN8/c1-30(2)16-32-11-9-24(30)38-29-25-20(17-5-3-6-17)14-33-15-23(25)37-28(39-29)18-8-12-35-27-19(18)13-22(36-27)26-21(31)7-4-10-34-26/h3-8,10,12-15,24,32H,9,11,16H2,1-2H3,(H,35,36)(H,37,38,39)/t24-/m0/s1. The summed E-state index contributed by atoms with van der Waals surface area (Å²) in [6, 6.07) is 6.94. The molecule has 0 aromatic carbocycles. The van der Waals surface area contributed by atoms with Crippen LogP contribution in [-0.2, 0) is 0 Å². The van der Waals surface area contributed by atoms with Gasteiger partial charge in [0.05, 0.1) is 22.8 Å². The first-order valence-corrected chi connectivity index (χ1v) is 13.1. The molecule has 0 bridgehead atoms. The Bertz CT molecular complexity index is 1800. The summed E-state index contributed by atoms with van der Waals surface area (Å²) in [6.45, 7) is 6.40. The Balaban J connectivity index is 1.41. The largest absolute Gasteiger partial charge is 0.366 e. The van der Waals surface area contributed by atoms with E-state index in [4.69, 9.17) is 9.97 Å². The van der Waals surface area contributed by atoms with Gasteiger partial charge in [0.2, 0.25) is 0 Å². The van der Waals surface area contributed by atoms with E-state index in [1.165, 1.54) is 6.07 Å². The number of nitrogens with one attached hydrogen (secondary N) is 3. The third kappa shape index (κ3) is 4.06. The minimum absolute atomic E-state index is 0.0325. The zero-order valence-electron chi connectivity index (χ0n) is 21.7. The second-order valence-electron chi connectivity index (χ2n) is 10.7. The van der Waals surface area contributed by atoms with E-state index >= 15 is 0 Å². The van der Waals surface area contributed by atoms with Gasteiger partial charge in [0.25, 0.3) is 0 Å². The summed E-state index contributed by atoms with van der Waals surface area (Å²) in [5, 5.41) is 9.05. The van der Waals surface area contributed by atoms with Crippen molar-refractivity contribution in [2.45, 2.75) is 26.3 Å². The SMILES string of the molecule is CC1(C)CNCC[C@@H]1Nc1nc(-c2ccnc3[nH]c(-c4ncccc4F)cc23)nc2cncc(C3=CC=C3)c12. The van der Waals surface area contributed by atoms with E-state index in [0.717, 1.165) is 58.3 Å². The van der Waals surface area contributed by atoms with E-state index in [-0.39, 0.29) is 17.2 Å². The topological polar surface area (TPSA) is 104 Å². The maximum atomic E-state index is 14.5. The summed E-state index contributed by atoms with van der Waals surface area (Å²) < 4.78 is 14.5. The van der Waals surface area contributed by atoms with Gasteiger partial charge in [-0.25, -0.2) is 19.3 Å². The van der Waals surface area contributed by atoms with Crippen LogP contribution in [0.15, 0.2) is 67.3 Å². The van der Waals surface area contributed by atoms with Crippen LogP contribution in [0.25, 0.3) is 50.3 Å². The first-order chi connectivity index (χ1) is 19.0. The number of aromatic nitrogens is 6. The van der Waals surface area contributed by atoms with E-state index in [9.17, 15) is 4.39 Å². The van der Waals surface area contributed by atoms with Gasteiger partial charge in [0, 0.05) is 47.7 Å². The molecule has 0 radical (unpaired) electrons. The Morgan fingerprint density at radius 2 is 1.97 bits per heavy atom. The molecule has 0 amide bonds. The minimum atomic E-state index is -0.401. The molecule has 194 valence electrons. The molecule has 9 heteroatoms. The Morgan fingerprint density at radius 1 is 1.08 bits per heavy atom. The smallest absolute Gasteiger partial charge is 0.163 e. The van der Waals surface area contributed by atoms with Crippen molar-refractivity contribution in [3.05, 3.63) is 78.7 Å². The minimum Gasteiger partial charge on any atom is -0.366 e. The number of hydrogen-bond donors (Lipinski definition) is 3. The van der Waals surface area contributed by atoms with Gasteiger partial charge in [-0.15, -0.1) is 0 Å². The number of hydrogen-bond acceptors (Lipinski definition) is 7. The van der Waals surface area contributed by atoms with Crippen LogP contribution >= 0.6 is 0 Å². The molecule has 1 aliphatic heterocycles. The number of pyridine rings is 3. The maximum Gasteiger partial charge on any atom is 0.163 e. The molecule has 1 atom stereocenters. The van der Waals surface area contributed by atoms with Gasteiger partial charge in [0.1, 0.15) is 17.2 Å². The quantitative estimate of drug-likeness (QED) is 0.281. The highest BCUT2D eigenvalue weighted by Crippen LogP contribution is 2.37. The van der Waals surface area contributed by atoms with Crippen LogP contribution in [0, 0.1) is 11.2 Å². The van der Waals surface area contributed by atoms with Crippen molar-refractivity contribution in [1.82, 2.24) is 35.2 Å². The molecule has 1 fully saturated rings. The van der Waals surface area contributed by atoms with E-state index in [0.29, 0.717) is 17.2 Å². The number of aromatic amines is 1. The lowest BCUT2D eigenvalue weighted by molar-refractivity contribution is 0.236. The zero-order valence-corrected chi connectivity index (χ0v) is 21.7. The Labute approximate surface area is 224 Å². The van der Waals surface area contributed by atoms with E-state index in [1.807, 2.05) is 24.4 Å². The monoisotopic (exact) mass is 518 g/mol. The summed E-state index contributed by atoms with van der Waals surface area (Å²) in [5.41, 5.74) is 5.09. The average molecular weight is 519 g/mol. The van der Waals surface area contributed by atoms with Crippen LogP contribution in [0.2, 0.25) is 0 Å². The van der Waals surface area contributed by atoms with Crippen molar-refractivity contribution in [2.75, 3.05) is 18.4 Å². The fourth-order valence-electron chi connectivity index (χ4n) is 5.44. The summed E-state index contributed by atoms with van der Waals surface area (Å²) >= 11 is 0. The maximum absolute atomic E-state index is 14.5. The average Bonchev–Trinajstić information content (AvgIpc) is 3.33. The molecule has 0 spiro atoms. The zero-order chi connectivity index (χ0) is 26.6. The Hall–Kier alpha value is -4.50. The van der Waals surface area contributed by atoms with E-state index in [1.54, 1.807) is 24.7 Å². The van der Waals surface area contributed by atoms with Gasteiger partial charge < -0.3 is 15.6 Å². The lowest BCUT2D eigenvalue weighted by Crippen LogP contribution is -2.49. The number of halogens is 1. The van der Waals surface area contributed by atoms with Crippen LogP contribution in [0.4, 0.5) is 10.2 Å². The third-order valence-corrected chi connectivity index (χ3v) is 7.70. The highest BCUT2D eigenvalue weighted by molar-refractivity contribution is 6.03. The summed E-state index contributed by atoms with van der Waals surface area (Å²) in [7, 11) is 0. The first kappa shape index (κ1) is 23.6. The molecule has 0 unspecified atom stereocenters. The van der Waals surface area contributed by atoms with Gasteiger partial charge in [-0.1, -0.05) is 32.1 Å². The summed E-state index contributed by atoms with van der Waals surface area (Å²) in [4.78, 5) is 26.5. The third-order valence-electron chi connectivity index (χ3n) is 7.70. The number of nitrogens with zero attached hydrogens (tertiary/aromatic N) is 5. The van der Waals surface area contributed by atoms with Crippen LogP contribution in [0.5, 0.6) is 0 Å². The van der Waals surface area contributed by atoms with Crippen molar-refractivity contribution in [3.63, 3.8) is 0 Å². The molecule has 0 saturated carbocycles. The molecule has 8 nitrogen and oxygen atoms in total. The number of rotatable bonds is 5. The number of allylic oxidation sites excluding steroid dienone is 4. The second-order valence-corrected chi connectivity index (χ2v) is 10.7. The fraction of sp³-hybridized carbons (Fsp3) is 0.233. The lowest BCUT2D eigenvalue weighted by Gasteiger charge is -2.40. The van der Waals surface area contributed by atoms with Gasteiger partial charge in [-0.3, -0.25) is 9.97 Å². The molecular formula is C30H27FN8. The Morgan fingerprint density at radius 3 is 2.77 bits per heavy atom. The molecule has 1 saturated heterocycles. The van der Waals surface area contributed by atoms with Crippen LogP contribution in [0.1, 0.15) is 25.8 Å². The van der Waals surface area contributed by atoms with Crippen molar-refractivity contribution in [3.8, 4) is 22.8 Å². The van der Waals surface area contributed by atoms with Crippen LogP contribution in [0.3, 0.4) is 0 Å². The number of H-pyrrole nitrogens is 1. The number of piperidine rings is 1.